The second kappa shape index (κ2) is 16.2. The maximum absolute atomic E-state index is 12.2. The highest BCUT2D eigenvalue weighted by atomic mass is 16.8. The van der Waals surface area contributed by atoms with Crippen molar-refractivity contribution in [3.05, 3.63) is 66.4 Å². The normalized spacial score (nSPS) is 23.1. The van der Waals surface area contributed by atoms with E-state index in [1.165, 1.54) is 6.92 Å². The molecule has 0 radical (unpaired) electrons. The van der Waals surface area contributed by atoms with E-state index in [1.807, 2.05) is 74.6 Å². The number of amides is 2. The highest BCUT2D eigenvalue weighted by molar-refractivity contribution is 5.73. The molecule has 5 rings (SSSR count). The van der Waals surface area contributed by atoms with Crippen molar-refractivity contribution in [1.82, 2.24) is 25.6 Å². The Morgan fingerprint density at radius 2 is 1.79 bits per heavy atom. The topological polar surface area (TPSA) is 144 Å². The summed E-state index contributed by atoms with van der Waals surface area (Å²) in [5, 5.41) is 14.4. The van der Waals surface area contributed by atoms with Crippen molar-refractivity contribution in [1.29, 1.82) is 0 Å². The quantitative estimate of drug-likeness (QED) is 0.229. The number of carbonyl (C=O) groups excluding carboxylic acids is 2. The third-order valence-corrected chi connectivity index (χ3v) is 7.96. The number of nitrogens with zero attached hydrogens (tertiary/aromatic N) is 3. The van der Waals surface area contributed by atoms with Gasteiger partial charge in [0.05, 0.1) is 19.9 Å². The van der Waals surface area contributed by atoms with Gasteiger partial charge < -0.3 is 39.1 Å². The van der Waals surface area contributed by atoms with E-state index in [0.717, 1.165) is 42.6 Å². The van der Waals surface area contributed by atoms with Gasteiger partial charge in [0.15, 0.2) is 12.1 Å². The van der Waals surface area contributed by atoms with E-state index >= 15 is 0 Å². The predicted molar refractivity (Wildman–Crippen MR) is 171 cm³/mol. The lowest BCUT2D eigenvalue weighted by Gasteiger charge is -2.42. The van der Waals surface area contributed by atoms with Gasteiger partial charge in [-0.05, 0) is 44.4 Å². The highest BCUT2D eigenvalue weighted by Gasteiger charge is 2.56. The zero-order chi connectivity index (χ0) is 33.2. The minimum absolute atomic E-state index is 0.216. The molecule has 3 heterocycles. The molecule has 0 spiro atoms. The summed E-state index contributed by atoms with van der Waals surface area (Å²) in [4.78, 5) is 24.2. The average molecular weight is 652 g/mol. The lowest BCUT2D eigenvalue weighted by atomic mass is 9.96. The van der Waals surface area contributed by atoms with Crippen molar-refractivity contribution in [2.24, 2.45) is 0 Å². The van der Waals surface area contributed by atoms with Crippen LogP contribution in [0.3, 0.4) is 0 Å². The summed E-state index contributed by atoms with van der Waals surface area (Å²) in [5.41, 5.74) is 2.52. The van der Waals surface area contributed by atoms with Crippen LogP contribution in [-0.2, 0) is 41.6 Å². The van der Waals surface area contributed by atoms with Gasteiger partial charge in [-0.1, -0.05) is 60.5 Å². The second-order valence-corrected chi connectivity index (χ2v) is 12.2. The summed E-state index contributed by atoms with van der Waals surface area (Å²) in [6.07, 6.45) is 2.61. The molecular formula is C34H45N5O8. The zero-order valence-corrected chi connectivity index (χ0v) is 27.4. The van der Waals surface area contributed by atoms with Gasteiger partial charge >= 0.3 is 6.09 Å². The maximum atomic E-state index is 12.2. The first-order chi connectivity index (χ1) is 22.7. The molecule has 47 heavy (non-hydrogen) atoms. The van der Waals surface area contributed by atoms with Crippen LogP contribution in [0.5, 0.6) is 5.75 Å². The Labute approximate surface area is 275 Å². The zero-order valence-electron chi connectivity index (χ0n) is 27.4. The van der Waals surface area contributed by atoms with Crippen molar-refractivity contribution in [2.45, 2.75) is 96.0 Å². The Hall–Kier alpha value is -4.04. The van der Waals surface area contributed by atoms with Crippen molar-refractivity contribution in [3.8, 4) is 17.0 Å². The summed E-state index contributed by atoms with van der Waals surface area (Å²) < 4.78 is 37.6. The number of unbranched alkanes of at least 4 members (excludes halogenated alkanes) is 3. The number of aromatic nitrogens is 3. The first-order valence-electron chi connectivity index (χ1n) is 16.1. The summed E-state index contributed by atoms with van der Waals surface area (Å²) in [7, 11) is 1.62. The SMILES string of the molecule is COc1cccc(-c2cn(CC3OC(OCCCCCCNC(=O)OCc4ccccc4)C(NC(C)=O)C4OC(C)(C)OC34)nn2)c1. The van der Waals surface area contributed by atoms with Crippen LogP contribution in [0.4, 0.5) is 4.79 Å². The van der Waals surface area contributed by atoms with E-state index in [4.69, 9.17) is 28.4 Å². The van der Waals surface area contributed by atoms with Gasteiger partial charge in [0.1, 0.15) is 42.4 Å². The molecule has 0 aliphatic carbocycles. The van der Waals surface area contributed by atoms with Crippen molar-refractivity contribution in [2.75, 3.05) is 20.3 Å². The van der Waals surface area contributed by atoms with Crippen molar-refractivity contribution >= 4 is 12.0 Å². The minimum atomic E-state index is -0.876. The minimum Gasteiger partial charge on any atom is -0.497 e. The Balaban J connectivity index is 1.12. The number of rotatable bonds is 15. The summed E-state index contributed by atoms with van der Waals surface area (Å²) in [5.74, 6) is -0.362. The third-order valence-electron chi connectivity index (χ3n) is 7.96. The third kappa shape index (κ3) is 9.74. The van der Waals surface area contributed by atoms with Crippen molar-refractivity contribution in [3.63, 3.8) is 0 Å². The fraction of sp³-hybridized carbons (Fsp3) is 0.529. The molecule has 2 fully saturated rings. The van der Waals surface area contributed by atoms with E-state index in [1.54, 1.807) is 11.8 Å². The fourth-order valence-electron chi connectivity index (χ4n) is 5.78. The van der Waals surface area contributed by atoms with Gasteiger partial charge in [0.25, 0.3) is 0 Å². The van der Waals surface area contributed by atoms with Crippen LogP contribution in [0, 0.1) is 0 Å². The number of fused-ring (bicyclic) bond motifs is 1. The summed E-state index contributed by atoms with van der Waals surface area (Å²) in [6, 6.07) is 16.6. The smallest absolute Gasteiger partial charge is 0.407 e. The van der Waals surface area contributed by atoms with Crippen LogP contribution in [0.1, 0.15) is 52.0 Å². The average Bonchev–Trinajstić information content (AvgIpc) is 3.66. The van der Waals surface area contributed by atoms with Crippen LogP contribution in [0.15, 0.2) is 60.8 Å². The molecule has 5 unspecified atom stereocenters. The molecule has 1 aromatic heterocycles. The molecule has 0 bridgehead atoms. The summed E-state index contributed by atoms with van der Waals surface area (Å²) in [6.45, 7) is 6.68. The molecule has 2 aliphatic rings. The molecule has 3 aromatic rings. The molecule has 5 atom stereocenters. The molecule has 2 saturated heterocycles. The van der Waals surface area contributed by atoms with Gasteiger partial charge in [-0.3, -0.25) is 4.79 Å². The molecule has 2 N–H and O–H groups in total. The Kier molecular flexibility index (Phi) is 11.8. The van der Waals surface area contributed by atoms with Gasteiger partial charge in [0.2, 0.25) is 5.91 Å². The molecular weight excluding hydrogens is 606 g/mol. The van der Waals surface area contributed by atoms with Crippen LogP contribution in [0.25, 0.3) is 11.3 Å². The lowest BCUT2D eigenvalue weighted by molar-refractivity contribution is -0.248. The molecule has 2 amide bonds. The fourth-order valence-corrected chi connectivity index (χ4v) is 5.78. The number of alkyl carbamates (subject to hydrolysis) is 1. The van der Waals surface area contributed by atoms with Crippen LogP contribution in [0.2, 0.25) is 0 Å². The second-order valence-electron chi connectivity index (χ2n) is 12.2. The number of methoxy groups -OCH3 is 1. The number of hydrogen-bond donors (Lipinski definition) is 2. The van der Waals surface area contributed by atoms with Crippen LogP contribution < -0.4 is 15.4 Å². The molecule has 254 valence electrons. The molecule has 13 nitrogen and oxygen atoms in total. The van der Waals surface area contributed by atoms with E-state index in [-0.39, 0.29) is 12.5 Å². The monoisotopic (exact) mass is 651 g/mol. The lowest BCUT2D eigenvalue weighted by Crippen LogP contribution is -2.63. The molecule has 0 saturated carbocycles. The van der Waals surface area contributed by atoms with E-state index in [0.29, 0.717) is 25.4 Å². The Bertz CT molecular complexity index is 1450. The molecule has 2 aliphatic heterocycles. The van der Waals surface area contributed by atoms with Gasteiger partial charge in [-0.15, -0.1) is 5.10 Å². The maximum Gasteiger partial charge on any atom is 0.407 e. The number of nitrogens with one attached hydrogen (secondary N) is 2. The Morgan fingerprint density at radius 1 is 1.00 bits per heavy atom. The van der Waals surface area contributed by atoms with Crippen LogP contribution in [-0.4, -0.2) is 83.7 Å². The van der Waals surface area contributed by atoms with E-state index in [9.17, 15) is 9.59 Å². The largest absolute Gasteiger partial charge is 0.497 e. The highest BCUT2D eigenvalue weighted by Crippen LogP contribution is 2.38. The Morgan fingerprint density at radius 3 is 2.57 bits per heavy atom. The predicted octanol–water partition coefficient (Wildman–Crippen LogP) is 4.21. The van der Waals surface area contributed by atoms with E-state index in [2.05, 4.69) is 20.9 Å². The standard InChI is InChI=1S/C34H45N5O8/c1-23(40)36-29-31-30(46-34(2,3)47-31)28(21-39-20-27(37-38-39)25-15-12-16-26(19-25)42-4)45-32(29)43-18-11-6-5-10-17-35-33(41)44-22-24-13-8-7-9-14-24/h7-9,12-16,19-20,28-32H,5-6,10-11,17-18,21-22H2,1-4H3,(H,35,41)(H,36,40). The van der Waals surface area contributed by atoms with Gasteiger partial charge in [0, 0.05) is 25.6 Å². The van der Waals surface area contributed by atoms with E-state index < -0.39 is 42.5 Å². The number of hydrogen-bond acceptors (Lipinski definition) is 10. The summed E-state index contributed by atoms with van der Waals surface area (Å²) >= 11 is 0. The molecule has 2 aromatic carbocycles. The number of ether oxygens (including phenoxy) is 6. The van der Waals surface area contributed by atoms with Gasteiger partial charge in [-0.2, -0.15) is 0 Å². The van der Waals surface area contributed by atoms with Crippen LogP contribution >= 0.6 is 0 Å². The van der Waals surface area contributed by atoms with Gasteiger partial charge in [-0.25, -0.2) is 9.48 Å². The number of benzene rings is 2. The number of carbonyl (C=O) groups is 2. The first kappa shape index (κ1) is 34.3. The molecule has 13 heteroatoms. The first-order valence-corrected chi connectivity index (χ1v) is 16.1. The van der Waals surface area contributed by atoms with Crippen molar-refractivity contribution < 1.29 is 38.0 Å².